The van der Waals surface area contributed by atoms with Gasteiger partial charge in [0.15, 0.2) is 6.10 Å². The van der Waals surface area contributed by atoms with Crippen molar-refractivity contribution in [2.75, 3.05) is 13.2 Å². The first kappa shape index (κ1) is 78.8. The lowest BCUT2D eigenvalue weighted by Gasteiger charge is -2.18. The smallest absolute Gasteiger partial charge is 0.306 e. The molecule has 1 unspecified atom stereocenters. The van der Waals surface area contributed by atoms with Crippen LogP contribution in [0.15, 0.2) is 122 Å². The first-order valence-corrected chi connectivity index (χ1v) is 35.0. The minimum absolute atomic E-state index is 0.0845. The fourth-order valence-electron chi connectivity index (χ4n) is 9.75. The van der Waals surface area contributed by atoms with Crippen LogP contribution in [0.5, 0.6) is 0 Å². The SMILES string of the molecule is CC/C=C\C/C=C\C/C=C\C/C=C\CCCCCCCCCCCCCCC(=O)OCC(COC(=O)CCCCCCC/C=C\C/C=C\CCCCC)OC(=O)CCCCCCCCCCCCCC/C=C\C/C=C\C/C=C\C/C=C\CC. The second-order valence-electron chi connectivity index (χ2n) is 23.0. The van der Waals surface area contributed by atoms with Crippen molar-refractivity contribution in [3.8, 4) is 0 Å². The first-order valence-electron chi connectivity index (χ1n) is 35.0. The molecule has 6 heteroatoms. The van der Waals surface area contributed by atoms with Crippen LogP contribution in [0, 0.1) is 0 Å². The fourth-order valence-corrected chi connectivity index (χ4v) is 9.75. The van der Waals surface area contributed by atoms with Crippen LogP contribution in [0.4, 0.5) is 0 Å². The highest BCUT2D eigenvalue weighted by Crippen LogP contribution is 2.17. The topological polar surface area (TPSA) is 78.9 Å². The van der Waals surface area contributed by atoms with Gasteiger partial charge in [0.1, 0.15) is 13.2 Å². The molecule has 0 aliphatic rings. The maximum Gasteiger partial charge on any atom is 0.306 e. The van der Waals surface area contributed by atoms with E-state index in [1.807, 2.05) is 0 Å². The molecule has 0 aromatic heterocycles. The zero-order chi connectivity index (χ0) is 59.9. The Morgan fingerprint density at radius 2 is 0.470 bits per heavy atom. The summed E-state index contributed by atoms with van der Waals surface area (Å²) < 4.78 is 17.0. The third kappa shape index (κ3) is 68.5. The monoisotopic (exact) mass is 1150 g/mol. The highest BCUT2D eigenvalue weighted by Gasteiger charge is 2.19. The molecule has 0 spiro atoms. The van der Waals surface area contributed by atoms with E-state index < -0.39 is 6.10 Å². The zero-order valence-corrected chi connectivity index (χ0v) is 54.4. The van der Waals surface area contributed by atoms with Gasteiger partial charge in [-0.05, 0) is 128 Å². The molecule has 0 saturated carbocycles. The van der Waals surface area contributed by atoms with Crippen molar-refractivity contribution >= 4 is 17.9 Å². The van der Waals surface area contributed by atoms with Gasteiger partial charge in [-0.15, -0.1) is 0 Å². The van der Waals surface area contributed by atoms with Crippen LogP contribution in [0.3, 0.4) is 0 Å². The van der Waals surface area contributed by atoms with Crippen molar-refractivity contribution in [2.45, 2.75) is 335 Å². The molecule has 0 saturated heterocycles. The predicted molar refractivity (Wildman–Crippen MR) is 362 cm³/mol. The third-order valence-corrected chi connectivity index (χ3v) is 14.9. The van der Waals surface area contributed by atoms with E-state index in [1.165, 1.54) is 161 Å². The Morgan fingerprint density at radius 3 is 0.735 bits per heavy atom. The van der Waals surface area contributed by atoms with Crippen LogP contribution < -0.4 is 0 Å². The Hall–Kier alpha value is -4.19. The minimum Gasteiger partial charge on any atom is -0.462 e. The summed E-state index contributed by atoms with van der Waals surface area (Å²) in [5.74, 6) is -0.891. The lowest BCUT2D eigenvalue weighted by molar-refractivity contribution is -0.167. The summed E-state index contributed by atoms with van der Waals surface area (Å²) in [6.07, 6.45) is 97.9. The molecule has 0 heterocycles. The van der Waals surface area contributed by atoms with Crippen LogP contribution in [0.2, 0.25) is 0 Å². The van der Waals surface area contributed by atoms with Crippen molar-refractivity contribution < 1.29 is 28.6 Å². The van der Waals surface area contributed by atoms with E-state index in [9.17, 15) is 14.4 Å². The van der Waals surface area contributed by atoms with Crippen LogP contribution in [-0.2, 0) is 28.6 Å². The van der Waals surface area contributed by atoms with Gasteiger partial charge in [0.2, 0.25) is 0 Å². The molecule has 0 aliphatic carbocycles. The molecule has 0 aliphatic heterocycles. The van der Waals surface area contributed by atoms with Crippen LogP contribution in [0.1, 0.15) is 329 Å². The lowest BCUT2D eigenvalue weighted by Crippen LogP contribution is -2.30. The van der Waals surface area contributed by atoms with E-state index >= 15 is 0 Å². The van der Waals surface area contributed by atoms with Crippen molar-refractivity contribution in [3.63, 3.8) is 0 Å². The molecule has 0 rings (SSSR count). The van der Waals surface area contributed by atoms with E-state index in [-0.39, 0.29) is 31.1 Å². The number of allylic oxidation sites excluding steroid dienone is 20. The molecule has 0 bridgehead atoms. The average Bonchev–Trinajstić information content (AvgIpc) is 3.49. The Kier molecular flexibility index (Phi) is 66.7. The van der Waals surface area contributed by atoms with E-state index in [1.54, 1.807) is 0 Å². The molecule has 0 aromatic rings. The van der Waals surface area contributed by atoms with Crippen molar-refractivity contribution in [1.82, 2.24) is 0 Å². The summed E-state index contributed by atoms with van der Waals surface area (Å²) in [6, 6.07) is 0. The van der Waals surface area contributed by atoms with Gasteiger partial charge in [-0.2, -0.15) is 0 Å². The molecule has 0 fully saturated rings. The van der Waals surface area contributed by atoms with Crippen molar-refractivity contribution in [1.29, 1.82) is 0 Å². The largest absolute Gasteiger partial charge is 0.462 e. The minimum atomic E-state index is -0.790. The molecule has 6 nitrogen and oxygen atoms in total. The van der Waals surface area contributed by atoms with E-state index in [4.69, 9.17) is 14.2 Å². The molecular formula is C77H130O6. The van der Waals surface area contributed by atoms with Gasteiger partial charge in [-0.25, -0.2) is 0 Å². The highest BCUT2D eigenvalue weighted by molar-refractivity contribution is 5.71. The van der Waals surface area contributed by atoms with Crippen molar-refractivity contribution in [3.05, 3.63) is 122 Å². The zero-order valence-electron chi connectivity index (χ0n) is 54.4. The summed E-state index contributed by atoms with van der Waals surface area (Å²) in [5, 5.41) is 0. The van der Waals surface area contributed by atoms with E-state index in [2.05, 4.69) is 142 Å². The second-order valence-corrected chi connectivity index (χ2v) is 23.0. The van der Waals surface area contributed by atoms with Gasteiger partial charge in [0.05, 0.1) is 0 Å². The Morgan fingerprint density at radius 1 is 0.253 bits per heavy atom. The fraction of sp³-hybridized carbons (Fsp3) is 0.701. The maximum absolute atomic E-state index is 13.0. The number of carbonyl (C=O) groups excluding carboxylic acids is 3. The lowest BCUT2D eigenvalue weighted by atomic mass is 10.0. The van der Waals surface area contributed by atoms with E-state index in [0.29, 0.717) is 19.3 Å². The first-order chi connectivity index (χ1) is 41.0. The van der Waals surface area contributed by atoms with Gasteiger partial charge in [0.25, 0.3) is 0 Å². The van der Waals surface area contributed by atoms with Crippen LogP contribution in [0.25, 0.3) is 0 Å². The second kappa shape index (κ2) is 70.3. The van der Waals surface area contributed by atoms with Crippen LogP contribution in [-0.4, -0.2) is 37.2 Å². The third-order valence-electron chi connectivity index (χ3n) is 14.9. The van der Waals surface area contributed by atoms with Crippen molar-refractivity contribution in [2.24, 2.45) is 0 Å². The van der Waals surface area contributed by atoms with Gasteiger partial charge in [-0.3, -0.25) is 14.4 Å². The average molecular weight is 1150 g/mol. The normalized spacial score (nSPS) is 12.9. The Balaban J connectivity index is 4.34. The summed E-state index contributed by atoms with van der Waals surface area (Å²) in [4.78, 5) is 38.5. The predicted octanol–water partition coefficient (Wildman–Crippen LogP) is 24.3. The number of unbranched alkanes of at least 4 members (excludes halogenated alkanes) is 32. The summed E-state index contributed by atoms with van der Waals surface area (Å²) >= 11 is 0. The van der Waals surface area contributed by atoms with Gasteiger partial charge >= 0.3 is 17.9 Å². The molecular weight excluding hydrogens is 1020 g/mol. The van der Waals surface area contributed by atoms with Gasteiger partial charge in [0, 0.05) is 19.3 Å². The number of hydrogen-bond donors (Lipinski definition) is 0. The summed E-state index contributed by atoms with van der Waals surface area (Å²) in [7, 11) is 0. The number of rotatable bonds is 63. The number of hydrogen-bond acceptors (Lipinski definition) is 6. The Bertz CT molecular complexity index is 1700. The van der Waals surface area contributed by atoms with Gasteiger partial charge < -0.3 is 14.2 Å². The highest BCUT2D eigenvalue weighted by atomic mass is 16.6. The number of carbonyl (C=O) groups is 3. The molecule has 474 valence electrons. The standard InChI is InChI=1S/C77H130O6/c1-4-7-10-13-16-19-22-25-28-30-32-34-36-38-40-42-44-46-49-52-55-58-61-64-67-70-76(79)82-73-74(72-81-75(78)69-66-63-60-57-54-51-48-27-24-21-18-15-12-9-6-3)83-77(80)71-68-65-62-59-56-53-50-47-45-43-41-39-37-35-33-31-29-26-23-20-17-14-11-8-5-2/h7-8,10-11,16-21,25-29,32-35,48,74H,4-6,9,12-15,22-24,30-31,36-47,49-73H2,1-3H3/b10-7-,11-8-,19-16-,20-17-,21-18-,28-25-,29-26-,34-32-,35-33-,48-27-. The molecule has 83 heavy (non-hydrogen) atoms. The molecule has 0 amide bonds. The summed E-state index contributed by atoms with van der Waals surface area (Å²) in [5.41, 5.74) is 0. The number of esters is 3. The summed E-state index contributed by atoms with van der Waals surface area (Å²) in [6.45, 7) is 6.41. The molecule has 0 N–H and O–H groups in total. The maximum atomic E-state index is 13.0. The molecule has 1 atom stereocenters. The molecule has 0 radical (unpaired) electrons. The Labute approximate surface area is 513 Å². The molecule has 0 aromatic carbocycles. The van der Waals surface area contributed by atoms with E-state index in [0.717, 1.165) is 128 Å². The number of ether oxygens (including phenoxy) is 3. The van der Waals surface area contributed by atoms with Gasteiger partial charge in [-0.1, -0.05) is 303 Å². The quantitative estimate of drug-likeness (QED) is 0.0261. The van der Waals surface area contributed by atoms with Crippen LogP contribution >= 0.6 is 0 Å².